The van der Waals surface area contributed by atoms with Crippen LogP contribution >= 0.6 is 11.8 Å². The van der Waals surface area contributed by atoms with Crippen LogP contribution in [0.15, 0.2) is 0 Å². The van der Waals surface area contributed by atoms with Gasteiger partial charge in [-0.3, -0.25) is 9.59 Å². The summed E-state index contributed by atoms with van der Waals surface area (Å²) < 4.78 is 0. The first-order valence-corrected chi connectivity index (χ1v) is 10.3. The molecule has 0 aromatic carbocycles. The summed E-state index contributed by atoms with van der Waals surface area (Å²) in [6.07, 6.45) is 11.1. The highest BCUT2D eigenvalue weighted by atomic mass is 32.2. The molecule has 24 heavy (non-hydrogen) atoms. The van der Waals surface area contributed by atoms with Gasteiger partial charge >= 0.3 is 11.9 Å². The maximum atomic E-state index is 10.2. The van der Waals surface area contributed by atoms with Crippen LogP contribution in [0.3, 0.4) is 0 Å². The van der Waals surface area contributed by atoms with Crippen LogP contribution in [0.4, 0.5) is 0 Å². The monoisotopic (exact) mass is 360 g/mol. The van der Waals surface area contributed by atoms with Crippen molar-refractivity contribution < 1.29 is 24.9 Å². The largest absolute Gasteiger partial charge is 0.481 e. The Hall–Kier alpha value is -0.750. The Balaban J connectivity index is 0.000000186. The van der Waals surface area contributed by atoms with E-state index in [1.807, 2.05) is 0 Å². The molecule has 0 amide bonds. The molecule has 0 bridgehead atoms. The number of hydrogen-bond acceptors (Lipinski definition) is 4. The lowest BCUT2D eigenvalue weighted by Gasteiger charge is -2.21. The Morgan fingerprint density at radius 3 is 1.83 bits per heavy atom. The van der Waals surface area contributed by atoms with E-state index in [9.17, 15) is 9.59 Å². The minimum absolute atomic E-state index is 0.0556. The van der Waals surface area contributed by atoms with E-state index in [1.165, 1.54) is 44.9 Å². The smallest absolute Gasteiger partial charge is 0.307 e. The van der Waals surface area contributed by atoms with Crippen LogP contribution in [0.25, 0.3) is 0 Å². The van der Waals surface area contributed by atoms with Gasteiger partial charge in [0, 0.05) is 18.8 Å². The second-order valence-electron chi connectivity index (χ2n) is 6.96. The first-order valence-electron chi connectivity index (χ1n) is 9.16. The molecule has 3 aliphatic rings. The van der Waals surface area contributed by atoms with Crippen molar-refractivity contribution in [3.63, 3.8) is 0 Å². The van der Waals surface area contributed by atoms with Gasteiger partial charge in [0.1, 0.15) is 0 Å². The number of aliphatic hydroxyl groups is 1. The summed E-state index contributed by atoms with van der Waals surface area (Å²) in [5, 5.41) is 25.2. The van der Waals surface area contributed by atoms with Crippen molar-refractivity contribution in [2.75, 3.05) is 18.1 Å². The van der Waals surface area contributed by atoms with E-state index in [1.54, 1.807) is 11.8 Å². The average molecular weight is 361 g/mol. The lowest BCUT2D eigenvalue weighted by molar-refractivity contribution is -0.141. The topological polar surface area (TPSA) is 94.8 Å². The fourth-order valence-electron chi connectivity index (χ4n) is 3.03. The molecule has 140 valence electrons. The van der Waals surface area contributed by atoms with Crippen molar-refractivity contribution in [2.24, 2.45) is 17.8 Å². The molecule has 1 atom stereocenters. The number of hydrogen-bond donors (Lipinski definition) is 3. The molecule has 1 unspecified atom stereocenters. The highest BCUT2D eigenvalue weighted by Gasteiger charge is 2.21. The molecule has 2 saturated carbocycles. The lowest BCUT2D eigenvalue weighted by atomic mass is 9.86. The van der Waals surface area contributed by atoms with Gasteiger partial charge in [-0.15, -0.1) is 0 Å². The number of thioether (sulfide) groups is 1. The summed E-state index contributed by atoms with van der Waals surface area (Å²) in [5.74, 6) is 1.90. The van der Waals surface area contributed by atoms with Crippen LogP contribution in [0.5, 0.6) is 0 Å². The van der Waals surface area contributed by atoms with Gasteiger partial charge < -0.3 is 15.3 Å². The molecule has 3 rings (SSSR count). The molecule has 3 fully saturated rings. The molecule has 5 nitrogen and oxygen atoms in total. The molecule has 1 aliphatic heterocycles. The second-order valence-corrected chi connectivity index (χ2v) is 8.11. The number of aliphatic carboxylic acids is 2. The van der Waals surface area contributed by atoms with Crippen LogP contribution in [-0.4, -0.2) is 45.4 Å². The number of carboxylic acids is 2. The Morgan fingerprint density at radius 2 is 1.54 bits per heavy atom. The third-order valence-corrected chi connectivity index (χ3v) is 6.17. The van der Waals surface area contributed by atoms with Crippen LogP contribution < -0.4 is 0 Å². The predicted molar refractivity (Wildman–Crippen MR) is 96.3 cm³/mol. The van der Waals surface area contributed by atoms with Gasteiger partial charge in [0.2, 0.25) is 0 Å². The van der Waals surface area contributed by atoms with E-state index in [4.69, 9.17) is 15.3 Å². The van der Waals surface area contributed by atoms with Crippen molar-refractivity contribution in [1.29, 1.82) is 0 Å². The summed E-state index contributed by atoms with van der Waals surface area (Å²) in [4.78, 5) is 20.3. The van der Waals surface area contributed by atoms with E-state index in [0.717, 1.165) is 30.3 Å². The zero-order valence-corrected chi connectivity index (χ0v) is 15.3. The van der Waals surface area contributed by atoms with E-state index < -0.39 is 11.9 Å². The Labute approximate surface area is 149 Å². The Bertz CT molecular complexity index is 356. The fraction of sp³-hybridized carbons (Fsp3) is 0.889. The van der Waals surface area contributed by atoms with Gasteiger partial charge in [-0.2, -0.15) is 11.8 Å². The SMILES string of the molecule is O=C(O)C1CCSC1.O=C(O)CCC1CCCC1.OCC1CCC1. The average Bonchev–Trinajstić information content (AvgIpc) is 3.19. The normalized spacial score (nSPS) is 23.5. The van der Waals surface area contributed by atoms with Crippen molar-refractivity contribution in [3.8, 4) is 0 Å². The Kier molecular flexibility index (Phi) is 11.2. The van der Waals surface area contributed by atoms with Gasteiger partial charge in [0.05, 0.1) is 5.92 Å². The highest BCUT2D eigenvalue weighted by Crippen LogP contribution is 2.28. The molecule has 0 aromatic rings. The molecule has 3 N–H and O–H groups in total. The zero-order chi connectivity index (χ0) is 17.8. The number of carbonyl (C=O) groups is 2. The summed E-state index contributed by atoms with van der Waals surface area (Å²) in [6.45, 7) is 0.417. The second kappa shape index (κ2) is 12.6. The van der Waals surface area contributed by atoms with Crippen LogP contribution in [0, 0.1) is 17.8 Å². The minimum Gasteiger partial charge on any atom is -0.481 e. The first kappa shape index (κ1) is 21.3. The van der Waals surface area contributed by atoms with Crippen molar-refractivity contribution in [1.82, 2.24) is 0 Å². The molecular formula is C18H32O5S. The van der Waals surface area contributed by atoms with Crippen LogP contribution in [-0.2, 0) is 9.59 Å². The third-order valence-electron chi connectivity index (χ3n) is 5.00. The molecule has 1 heterocycles. The summed E-state index contributed by atoms with van der Waals surface area (Å²) in [6, 6.07) is 0. The maximum absolute atomic E-state index is 10.2. The highest BCUT2D eigenvalue weighted by molar-refractivity contribution is 7.99. The third kappa shape index (κ3) is 9.52. The maximum Gasteiger partial charge on any atom is 0.307 e. The van der Waals surface area contributed by atoms with E-state index in [2.05, 4.69) is 0 Å². The van der Waals surface area contributed by atoms with Crippen LogP contribution in [0.2, 0.25) is 0 Å². The summed E-state index contributed by atoms with van der Waals surface area (Å²) in [7, 11) is 0. The molecule has 0 aromatic heterocycles. The lowest BCUT2D eigenvalue weighted by Crippen LogP contribution is -2.14. The number of rotatable bonds is 5. The Morgan fingerprint density at radius 1 is 0.917 bits per heavy atom. The summed E-state index contributed by atoms with van der Waals surface area (Å²) in [5.41, 5.74) is 0. The van der Waals surface area contributed by atoms with Gasteiger partial charge in [0.25, 0.3) is 0 Å². The molecule has 1 saturated heterocycles. The van der Waals surface area contributed by atoms with Gasteiger partial charge in [-0.05, 0) is 43.3 Å². The van der Waals surface area contributed by atoms with Crippen LogP contribution in [0.1, 0.15) is 64.2 Å². The minimum atomic E-state index is -0.646. The zero-order valence-electron chi connectivity index (χ0n) is 14.5. The summed E-state index contributed by atoms with van der Waals surface area (Å²) >= 11 is 1.73. The molecule has 0 radical (unpaired) electrons. The standard InChI is InChI=1S/C8H14O2.C5H8O2S.C5H10O/c9-8(10)6-5-7-3-1-2-4-7;6-5(7)4-1-2-8-3-4;6-4-5-2-1-3-5/h7H,1-6H2,(H,9,10);4H,1-3H2,(H,6,7);5-6H,1-4H2. The molecular weight excluding hydrogens is 328 g/mol. The van der Waals surface area contributed by atoms with Crippen molar-refractivity contribution >= 4 is 23.7 Å². The van der Waals surface area contributed by atoms with Gasteiger partial charge in [0.15, 0.2) is 0 Å². The van der Waals surface area contributed by atoms with E-state index in [0.29, 0.717) is 18.9 Å². The number of carboxylic acid groups (broad SMARTS) is 2. The van der Waals surface area contributed by atoms with Crippen molar-refractivity contribution in [3.05, 3.63) is 0 Å². The molecule has 6 heteroatoms. The first-order chi connectivity index (χ1) is 11.5. The van der Waals surface area contributed by atoms with Gasteiger partial charge in [-0.1, -0.05) is 32.1 Å². The molecule has 2 aliphatic carbocycles. The van der Waals surface area contributed by atoms with Gasteiger partial charge in [-0.25, -0.2) is 0 Å². The van der Waals surface area contributed by atoms with E-state index in [-0.39, 0.29) is 5.92 Å². The van der Waals surface area contributed by atoms with Crippen molar-refractivity contribution in [2.45, 2.75) is 64.2 Å². The fourth-order valence-corrected chi connectivity index (χ4v) is 4.24. The van der Waals surface area contributed by atoms with E-state index >= 15 is 0 Å². The number of aliphatic hydroxyl groups excluding tert-OH is 1. The predicted octanol–water partition coefficient (Wildman–Crippen LogP) is 3.64. The quantitative estimate of drug-likeness (QED) is 0.693. The molecule has 0 spiro atoms.